The van der Waals surface area contributed by atoms with Crippen molar-refractivity contribution in [1.82, 2.24) is 15.5 Å². The molecule has 0 atom stereocenters. The first-order valence-electron chi connectivity index (χ1n) is 8.38. The van der Waals surface area contributed by atoms with Gasteiger partial charge in [-0.3, -0.25) is 4.79 Å². The van der Waals surface area contributed by atoms with Crippen molar-refractivity contribution in [2.24, 2.45) is 5.92 Å². The molecular weight excluding hydrogens is 370 g/mol. The molecule has 4 nitrogen and oxygen atoms in total. The van der Waals surface area contributed by atoms with Gasteiger partial charge < -0.3 is 5.32 Å². The summed E-state index contributed by atoms with van der Waals surface area (Å²) in [6.07, 6.45) is 0. The lowest BCUT2D eigenvalue weighted by atomic mass is 10.0. The zero-order chi connectivity index (χ0) is 18.2. The zero-order valence-electron chi connectivity index (χ0n) is 15.1. The highest BCUT2D eigenvalue weighted by Crippen LogP contribution is 2.30. The molecule has 1 heterocycles. The molecule has 7 heteroatoms. The van der Waals surface area contributed by atoms with E-state index in [0.29, 0.717) is 24.1 Å². The summed E-state index contributed by atoms with van der Waals surface area (Å²) in [5.41, 5.74) is 2.64. The van der Waals surface area contributed by atoms with Gasteiger partial charge in [0.25, 0.3) is 0 Å². The standard InChI is InChI=1S/C18H25N3OS3/c1-12(2)9-19-16(22)11-24-18-21-20-17(25-18)23-10-14-5-7-15(8-6-14)13(3)4/h5-8,12-13H,9-11H2,1-4H3,(H,19,22). The van der Waals surface area contributed by atoms with Crippen LogP contribution in [0.1, 0.15) is 44.7 Å². The summed E-state index contributed by atoms with van der Waals surface area (Å²) in [5, 5.41) is 11.3. The maximum Gasteiger partial charge on any atom is 0.230 e. The number of nitrogens with zero attached hydrogens (tertiary/aromatic N) is 2. The predicted molar refractivity (Wildman–Crippen MR) is 109 cm³/mol. The van der Waals surface area contributed by atoms with Crippen molar-refractivity contribution >= 4 is 40.8 Å². The highest BCUT2D eigenvalue weighted by Gasteiger charge is 2.09. The highest BCUT2D eigenvalue weighted by atomic mass is 32.2. The Labute approximate surface area is 162 Å². The monoisotopic (exact) mass is 395 g/mol. The predicted octanol–water partition coefficient (Wildman–Crippen LogP) is 4.82. The van der Waals surface area contributed by atoms with Gasteiger partial charge in [-0.15, -0.1) is 10.2 Å². The van der Waals surface area contributed by atoms with Gasteiger partial charge in [0.15, 0.2) is 8.68 Å². The summed E-state index contributed by atoms with van der Waals surface area (Å²) in [4.78, 5) is 11.7. The average molecular weight is 396 g/mol. The molecule has 1 aromatic carbocycles. The van der Waals surface area contributed by atoms with Gasteiger partial charge in [0, 0.05) is 12.3 Å². The van der Waals surface area contributed by atoms with Crippen LogP contribution in [0.4, 0.5) is 0 Å². The van der Waals surface area contributed by atoms with Crippen molar-refractivity contribution in [1.29, 1.82) is 0 Å². The Balaban J connectivity index is 1.76. The number of carbonyl (C=O) groups excluding carboxylic acids is 1. The van der Waals surface area contributed by atoms with E-state index in [-0.39, 0.29) is 5.91 Å². The van der Waals surface area contributed by atoms with Crippen LogP contribution in [0.3, 0.4) is 0 Å². The van der Waals surface area contributed by atoms with E-state index < -0.39 is 0 Å². The van der Waals surface area contributed by atoms with Gasteiger partial charge in [-0.2, -0.15) is 0 Å². The van der Waals surface area contributed by atoms with Crippen molar-refractivity contribution in [3.05, 3.63) is 35.4 Å². The minimum Gasteiger partial charge on any atom is -0.355 e. The first-order valence-corrected chi connectivity index (χ1v) is 11.2. The van der Waals surface area contributed by atoms with E-state index in [1.54, 1.807) is 23.1 Å². The second-order valence-corrected chi connectivity index (χ2v) is 9.93. The van der Waals surface area contributed by atoms with Crippen molar-refractivity contribution in [3.8, 4) is 0 Å². The van der Waals surface area contributed by atoms with Gasteiger partial charge in [0.2, 0.25) is 5.91 Å². The fourth-order valence-corrected chi connectivity index (χ4v) is 4.76. The normalized spacial score (nSPS) is 11.3. The Morgan fingerprint density at radius 2 is 1.72 bits per heavy atom. The molecule has 0 saturated carbocycles. The third kappa shape index (κ3) is 7.38. The molecule has 136 valence electrons. The van der Waals surface area contributed by atoms with E-state index in [9.17, 15) is 4.79 Å². The van der Waals surface area contributed by atoms with Crippen molar-refractivity contribution < 1.29 is 4.79 Å². The lowest BCUT2D eigenvalue weighted by Crippen LogP contribution is -2.28. The molecule has 1 amide bonds. The van der Waals surface area contributed by atoms with Crippen LogP contribution in [0.25, 0.3) is 0 Å². The molecular formula is C18H25N3OS3. The third-order valence-corrected chi connectivity index (χ3v) is 6.69. The number of thioether (sulfide) groups is 2. The van der Waals surface area contributed by atoms with Crippen molar-refractivity contribution in [2.45, 2.75) is 48.0 Å². The minimum atomic E-state index is 0.0494. The molecule has 0 unspecified atom stereocenters. The van der Waals surface area contributed by atoms with Gasteiger partial charge in [-0.1, -0.05) is 86.8 Å². The molecule has 0 bridgehead atoms. The number of aromatic nitrogens is 2. The Hall–Kier alpha value is -1.05. The van der Waals surface area contributed by atoms with Crippen molar-refractivity contribution in [3.63, 3.8) is 0 Å². The molecule has 0 radical (unpaired) electrons. The first-order chi connectivity index (χ1) is 11.9. The summed E-state index contributed by atoms with van der Waals surface area (Å²) < 4.78 is 1.79. The maximum absolute atomic E-state index is 11.7. The Kier molecular flexibility index (Phi) is 8.26. The number of carbonyl (C=O) groups is 1. The SMILES string of the molecule is CC(C)CNC(=O)CSc1nnc(SCc2ccc(C(C)C)cc2)s1. The molecule has 1 aromatic heterocycles. The highest BCUT2D eigenvalue weighted by molar-refractivity contribution is 8.03. The van der Waals surface area contributed by atoms with E-state index in [1.807, 2.05) is 0 Å². The molecule has 0 saturated heterocycles. The first kappa shape index (κ1) is 20.3. The van der Waals surface area contributed by atoms with Crippen LogP contribution in [-0.2, 0) is 10.5 Å². The summed E-state index contributed by atoms with van der Waals surface area (Å²) in [5.74, 6) is 2.35. The summed E-state index contributed by atoms with van der Waals surface area (Å²) in [7, 11) is 0. The fraction of sp³-hybridized carbons (Fsp3) is 0.500. The molecule has 25 heavy (non-hydrogen) atoms. The second-order valence-electron chi connectivity index (χ2n) is 6.51. The van der Waals surface area contributed by atoms with Crippen LogP contribution < -0.4 is 5.32 Å². The van der Waals surface area contributed by atoms with Gasteiger partial charge in [-0.05, 0) is 23.0 Å². The number of hydrogen-bond donors (Lipinski definition) is 1. The van der Waals surface area contributed by atoms with Crippen LogP contribution in [0.5, 0.6) is 0 Å². The van der Waals surface area contributed by atoms with E-state index in [4.69, 9.17) is 0 Å². The number of amides is 1. The number of benzene rings is 1. The van der Waals surface area contributed by atoms with Gasteiger partial charge in [0.1, 0.15) is 0 Å². The molecule has 2 rings (SSSR count). The van der Waals surface area contributed by atoms with Crippen molar-refractivity contribution in [2.75, 3.05) is 12.3 Å². The molecule has 2 aromatic rings. The second kappa shape index (κ2) is 10.2. The quantitative estimate of drug-likeness (QED) is 0.617. The minimum absolute atomic E-state index is 0.0494. The maximum atomic E-state index is 11.7. The van der Waals surface area contributed by atoms with Gasteiger partial charge >= 0.3 is 0 Å². The number of nitrogens with one attached hydrogen (secondary N) is 1. The Bertz CT molecular complexity index is 668. The van der Waals surface area contributed by atoms with Gasteiger partial charge in [-0.25, -0.2) is 0 Å². The summed E-state index contributed by atoms with van der Waals surface area (Å²) in [6.45, 7) is 9.28. The molecule has 0 aliphatic heterocycles. The molecule has 0 spiro atoms. The number of rotatable bonds is 9. The third-order valence-electron chi connectivity index (χ3n) is 3.43. The van der Waals surface area contributed by atoms with Crippen LogP contribution in [0.15, 0.2) is 32.9 Å². The van der Waals surface area contributed by atoms with E-state index in [2.05, 4.69) is 67.5 Å². The lowest BCUT2D eigenvalue weighted by molar-refractivity contribution is -0.118. The largest absolute Gasteiger partial charge is 0.355 e. The van der Waals surface area contributed by atoms with E-state index in [0.717, 1.165) is 14.4 Å². The Morgan fingerprint density at radius 3 is 2.32 bits per heavy atom. The summed E-state index contributed by atoms with van der Waals surface area (Å²) in [6, 6.07) is 8.74. The molecule has 1 N–H and O–H groups in total. The molecule has 0 fully saturated rings. The van der Waals surface area contributed by atoms with Crippen LogP contribution in [-0.4, -0.2) is 28.4 Å². The van der Waals surface area contributed by atoms with E-state index in [1.165, 1.54) is 22.9 Å². The lowest BCUT2D eigenvalue weighted by Gasteiger charge is -2.06. The average Bonchev–Trinajstić information content (AvgIpc) is 3.04. The fourth-order valence-electron chi connectivity index (χ4n) is 1.95. The Morgan fingerprint density at radius 1 is 1.08 bits per heavy atom. The van der Waals surface area contributed by atoms with Gasteiger partial charge in [0.05, 0.1) is 5.75 Å². The van der Waals surface area contributed by atoms with Crippen LogP contribution in [0.2, 0.25) is 0 Å². The smallest absolute Gasteiger partial charge is 0.230 e. The molecule has 0 aliphatic carbocycles. The zero-order valence-corrected chi connectivity index (χ0v) is 17.6. The summed E-state index contributed by atoms with van der Waals surface area (Å²) >= 11 is 4.69. The van der Waals surface area contributed by atoms with E-state index >= 15 is 0 Å². The van der Waals surface area contributed by atoms with Crippen LogP contribution in [0, 0.1) is 5.92 Å². The topological polar surface area (TPSA) is 54.9 Å². The molecule has 0 aliphatic rings. The number of hydrogen-bond acceptors (Lipinski definition) is 6. The van der Waals surface area contributed by atoms with Crippen LogP contribution >= 0.6 is 34.9 Å².